The Morgan fingerprint density at radius 1 is 1.27 bits per heavy atom. The first-order valence-corrected chi connectivity index (χ1v) is 6.76. The molecule has 0 unspecified atom stereocenters. The predicted molar refractivity (Wildman–Crippen MR) is 72.6 cm³/mol. The Hall–Kier alpha value is -1.67. The van der Waals surface area contributed by atoms with Crippen LogP contribution < -0.4 is 14.8 Å². The molecule has 1 aromatic carbocycles. The van der Waals surface area contributed by atoms with Gasteiger partial charge in [0.05, 0.1) is 23.9 Å². The Balaban J connectivity index is 1.97. The van der Waals surface area contributed by atoms with Gasteiger partial charge in [-0.05, 0) is 0 Å². The fourth-order valence-electron chi connectivity index (χ4n) is 1.73. The number of rotatable bonds is 4. The topological polar surface area (TPSA) is 56.8 Å². The third-order valence-corrected chi connectivity index (χ3v) is 2.92. The van der Waals surface area contributed by atoms with Gasteiger partial charge in [0.2, 0.25) is 5.91 Å². The first kappa shape index (κ1) is 16.7. The van der Waals surface area contributed by atoms with Gasteiger partial charge in [-0.25, -0.2) is 0 Å². The summed E-state index contributed by atoms with van der Waals surface area (Å²) in [5, 5.41) is 2.56. The van der Waals surface area contributed by atoms with Gasteiger partial charge in [-0.15, -0.1) is 0 Å². The van der Waals surface area contributed by atoms with Gasteiger partial charge in [-0.2, -0.15) is 13.2 Å². The number of halogens is 4. The van der Waals surface area contributed by atoms with E-state index in [1.54, 1.807) is 0 Å². The molecule has 1 aliphatic heterocycles. The fraction of sp³-hybridized carbons (Fsp3) is 0.462. The highest BCUT2D eigenvalue weighted by molar-refractivity contribution is 6.34. The molecule has 0 bridgehead atoms. The van der Waals surface area contributed by atoms with E-state index < -0.39 is 25.3 Å². The van der Waals surface area contributed by atoms with Gasteiger partial charge in [0.25, 0.3) is 0 Å². The summed E-state index contributed by atoms with van der Waals surface area (Å²) in [7, 11) is 0. The van der Waals surface area contributed by atoms with E-state index >= 15 is 0 Å². The SMILES string of the molecule is O=C(COCC(F)(F)F)Nc1cc2c(cc1Cl)OCCCO2. The van der Waals surface area contributed by atoms with Gasteiger partial charge in [0, 0.05) is 18.6 Å². The summed E-state index contributed by atoms with van der Waals surface area (Å²) in [4.78, 5) is 11.6. The normalized spacial score (nSPS) is 14.4. The van der Waals surface area contributed by atoms with Gasteiger partial charge in [0.1, 0.15) is 13.2 Å². The molecule has 2 rings (SSSR count). The minimum absolute atomic E-state index is 0.188. The quantitative estimate of drug-likeness (QED) is 0.916. The number of amides is 1. The molecule has 5 nitrogen and oxygen atoms in total. The smallest absolute Gasteiger partial charge is 0.411 e. The Labute approximate surface area is 129 Å². The average Bonchev–Trinajstić information content (AvgIpc) is 2.62. The van der Waals surface area contributed by atoms with Crippen LogP contribution in [0.4, 0.5) is 18.9 Å². The molecule has 0 spiro atoms. The lowest BCUT2D eigenvalue weighted by Gasteiger charge is -2.13. The molecule has 0 aromatic heterocycles. The van der Waals surface area contributed by atoms with Crippen molar-refractivity contribution < 1.29 is 32.2 Å². The molecule has 122 valence electrons. The summed E-state index contributed by atoms with van der Waals surface area (Å²) in [5.74, 6) is 0.114. The first-order valence-electron chi connectivity index (χ1n) is 6.38. The van der Waals surface area contributed by atoms with Crippen LogP contribution in [0.2, 0.25) is 5.02 Å². The highest BCUT2D eigenvalue weighted by atomic mass is 35.5. The molecule has 1 aromatic rings. The lowest BCUT2D eigenvalue weighted by molar-refractivity contribution is -0.174. The average molecular weight is 340 g/mol. The van der Waals surface area contributed by atoms with Gasteiger partial charge >= 0.3 is 6.18 Å². The molecule has 0 radical (unpaired) electrons. The maximum Gasteiger partial charge on any atom is 0.411 e. The van der Waals surface area contributed by atoms with E-state index in [9.17, 15) is 18.0 Å². The minimum atomic E-state index is -4.48. The molecule has 9 heteroatoms. The largest absolute Gasteiger partial charge is 0.490 e. The van der Waals surface area contributed by atoms with Crippen molar-refractivity contribution in [2.75, 3.05) is 31.7 Å². The maximum atomic E-state index is 11.9. The Bertz CT molecular complexity index is 551. The lowest BCUT2D eigenvalue weighted by atomic mass is 10.2. The van der Waals surface area contributed by atoms with Crippen LogP contribution >= 0.6 is 11.6 Å². The number of ether oxygens (including phenoxy) is 3. The molecule has 0 saturated carbocycles. The molecule has 0 aliphatic carbocycles. The molecule has 1 heterocycles. The highest BCUT2D eigenvalue weighted by Crippen LogP contribution is 2.37. The van der Waals surface area contributed by atoms with E-state index in [1.165, 1.54) is 12.1 Å². The van der Waals surface area contributed by atoms with Crippen LogP contribution in [0.1, 0.15) is 6.42 Å². The first-order chi connectivity index (χ1) is 10.3. The second-order valence-electron chi connectivity index (χ2n) is 4.49. The fourth-order valence-corrected chi connectivity index (χ4v) is 1.93. The summed E-state index contributed by atoms with van der Waals surface area (Å²) in [6.45, 7) is -1.28. The molecule has 1 aliphatic rings. The zero-order chi connectivity index (χ0) is 16.2. The monoisotopic (exact) mass is 339 g/mol. The molecular weight excluding hydrogens is 327 g/mol. The number of benzene rings is 1. The van der Waals surface area contributed by atoms with E-state index in [4.69, 9.17) is 21.1 Å². The van der Waals surface area contributed by atoms with E-state index in [-0.39, 0.29) is 10.7 Å². The summed E-state index contributed by atoms with van der Waals surface area (Å²) < 4.78 is 50.9. The zero-order valence-corrected chi connectivity index (χ0v) is 12.1. The lowest BCUT2D eigenvalue weighted by Crippen LogP contribution is -2.24. The maximum absolute atomic E-state index is 11.9. The third-order valence-electron chi connectivity index (χ3n) is 2.61. The van der Waals surface area contributed by atoms with Crippen LogP contribution in [-0.4, -0.2) is 38.5 Å². The van der Waals surface area contributed by atoms with Crippen molar-refractivity contribution in [3.05, 3.63) is 17.2 Å². The molecule has 0 saturated heterocycles. The number of carbonyl (C=O) groups excluding carboxylic acids is 1. The minimum Gasteiger partial charge on any atom is -0.490 e. The number of hydrogen-bond donors (Lipinski definition) is 1. The summed E-state index contributed by atoms with van der Waals surface area (Å²) in [6, 6.07) is 2.94. The predicted octanol–water partition coefficient (Wildman–Crippen LogP) is 3.02. The second-order valence-corrected chi connectivity index (χ2v) is 4.89. The zero-order valence-electron chi connectivity index (χ0n) is 11.3. The van der Waals surface area contributed by atoms with Crippen molar-refractivity contribution >= 4 is 23.2 Å². The van der Waals surface area contributed by atoms with E-state index in [0.29, 0.717) is 31.1 Å². The van der Waals surface area contributed by atoms with Crippen molar-refractivity contribution in [2.24, 2.45) is 0 Å². The summed E-state index contributed by atoms with van der Waals surface area (Å²) >= 11 is 5.99. The van der Waals surface area contributed by atoms with Crippen LogP contribution in [0.5, 0.6) is 11.5 Å². The van der Waals surface area contributed by atoms with Crippen molar-refractivity contribution in [2.45, 2.75) is 12.6 Å². The van der Waals surface area contributed by atoms with Crippen molar-refractivity contribution in [1.29, 1.82) is 0 Å². The van der Waals surface area contributed by atoms with Crippen LogP contribution in [0.15, 0.2) is 12.1 Å². The Morgan fingerprint density at radius 2 is 1.91 bits per heavy atom. The summed E-state index contributed by atoms with van der Waals surface area (Å²) in [5.41, 5.74) is 0.214. The highest BCUT2D eigenvalue weighted by Gasteiger charge is 2.27. The number of hydrogen-bond acceptors (Lipinski definition) is 4. The van der Waals surface area contributed by atoms with E-state index in [2.05, 4.69) is 10.1 Å². The van der Waals surface area contributed by atoms with Gasteiger partial charge in [-0.1, -0.05) is 11.6 Å². The molecular formula is C13H13ClF3NO4. The number of anilines is 1. The van der Waals surface area contributed by atoms with Crippen LogP contribution in [0.3, 0.4) is 0 Å². The molecule has 1 N–H and O–H groups in total. The molecule has 22 heavy (non-hydrogen) atoms. The van der Waals surface area contributed by atoms with E-state index in [1.807, 2.05) is 0 Å². The van der Waals surface area contributed by atoms with Crippen LogP contribution in [0.25, 0.3) is 0 Å². The second kappa shape index (κ2) is 7.06. The third kappa shape index (κ3) is 4.96. The Kier molecular flexibility index (Phi) is 5.36. The van der Waals surface area contributed by atoms with Gasteiger partial charge < -0.3 is 19.5 Å². The van der Waals surface area contributed by atoms with Crippen molar-refractivity contribution in [1.82, 2.24) is 0 Å². The molecule has 0 fully saturated rings. The number of nitrogens with one attached hydrogen (secondary N) is 1. The molecule has 0 atom stereocenters. The summed E-state index contributed by atoms with van der Waals surface area (Å²) in [6.07, 6.45) is -3.77. The van der Waals surface area contributed by atoms with Gasteiger partial charge in [0.15, 0.2) is 11.5 Å². The van der Waals surface area contributed by atoms with Crippen LogP contribution in [-0.2, 0) is 9.53 Å². The van der Waals surface area contributed by atoms with Crippen molar-refractivity contribution in [3.63, 3.8) is 0 Å². The molecule has 1 amide bonds. The number of fused-ring (bicyclic) bond motifs is 1. The Morgan fingerprint density at radius 3 is 2.55 bits per heavy atom. The number of alkyl halides is 3. The van der Waals surface area contributed by atoms with Crippen LogP contribution in [0, 0.1) is 0 Å². The van der Waals surface area contributed by atoms with Crippen molar-refractivity contribution in [3.8, 4) is 11.5 Å². The van der Waals surface area contributed by atoms with E-state index in [0.717, 1.165) is 0 Å². The van der Waals surface area contributed by atoms with Gasteiger partial charge in [-0.3, -0.25) is 4.79 Å². The number of carbonyl (C=O) groups is 1. The standard InChI is InChI=1S/C13H13ClF3NO4/c14-8-4-10-11(22-3-1-2-21-10)5-9(8)18-12(19)6-20-7-13(15,16)17/h4-5H,1-3,6-7H2,(H,18,19).